The first kappa shape index (κ1) is 17.8. The molecule has 5 heteroatoms. The van der Waals surface area contributed by atoms with Gasteiger partial charge in [0.05, 0.1) is 18.2 Å². The molecule has 1 saturated carbocycles. The van der Waals surface area contributed by atoms with Gasteiger partial charge in [0.25, 0.3) is 0 Å². The number of hydrogen-bond donors (Lipinski definition) is 2. The molecule has 25 heavy (non-hydrogen) atoms. The van der Waals surface area contributed by atoms with Crippen molar-refractivity contribution in [3.05, 3.63) is 59.1 Å². The maximum absolute atomic E-state index is 12.5. The second-order valence-electron chi connectivity index (χ2n) is 6.45. The molecule has 2 atom stereocenters. The lowest BCUT2D eigenvalue weighted by Gasteiger charge is -2.23. The molecule has 1 fully saturated rings. The number of ether oxygens (including phenoxy) is 1. The van der Waals surface area contributed by atoms with Crippen LogP contribution >= 0.6 is 11.6 Å². The number of hydrogen-bond acceptors (Lipinski definition) is 3. The zero-order valence-electron chi connectivity index (χ0n) is 14.5. The van der Waals surface area contributed by atoms with Crippen LogP contribution < -0.4 is 15.4 Å². The van der Waals surface area contributed by atoms with Crippen LogP contribution in [0.5, 0.6) is 5.75 Å². The Morgan fingerprint density at radius 2 is 1.92 bits per heavy atom. The Kier molecular flexibility index (Phi) is 5.61. The molecule has 4 nitrogen and oxygen atoms in total. The number of benzene rings is 2. The van der Waals surface area contributed by atoms with Gasteiger partial charge < -0.3 is 10.1 Å². The highest BCUT2D eigenvalue weighted by Crippen LogP contribution is 2.41. The fraction of sp³-hybridized carbons (Fsp3) is 0.350. The Balaban J connectivity index is 1.64. The molecule has 0 unspecified atom stereocenters. The van der Waals surface area contributed by atoms with Crippen molar-refractivity contribution in [1.82, 2.24) is 5.32 Å². The van der Waals surface area contributed by atoms with Crippen LogP contribution in [0.1, 0.15) is 31.4 Å². The van der Waals surface area contributed by atoms with Crippen LogP contribution in [0.3, 0.4) is 0 Å². The van der Waals surface area contributed by atoms with E-state index in [2.05, 4.69) is 22.8 Å². The number of carbonyl (C=O) groups excluding carboxylic acids is 1. The highest BCUT2D eigenvalue weighted by atomic mass is 35.5. The molecule has 0 saturated heterocycles. The quantitative estimate of drug-likeness (QED) is 0.770. The smallest absolute Gasteiger partial charge is 0.241 e. The van der Waals surface area contributed by atoms with Crippen LogP contribution in [0.25, 0.3) is 0 Å². The first-order valence-electron chi connectivity index (χ1n) is 8.54. The van der Waals surface area contributed by atoms with E-state index in [-0.39, 0.29) is 18.0 Å². The summed E-state index contributed by atoms with van der Waals surface area (Å²) in [6, 6.07) is 15.4. The molecular weight excluding hydrogens is 336 g/mol. The predicted octanol–water partition coefficient (Wildman–Crippen LogP) is 4.42. The molecule has 0 heterocycles. The number of methoxy groups -OCH3 is 1. The van der Waals surface area contributed by atoms with Gasteiger partial charge in [0.2, 0.25) is 5.91 Å². The molecule has 2 aromatic carbocycles. The maximum Gasteiger partial charge on any atom is 0.241 e. The van der Waals surface area contributed by atoms with Gasteiger partial charge in [-0.2, -0.15) is 0 Å². The summed E-state index contributed by atoms with van der Waals surface area (Å²) >= 11 is 6.11. The average Bonchev–Trinajstić information content (AvgIpc) is 3.45. The Bertz CT molecular complexity index is 732. The average molecular weight is 359 g/mol. The summed E-state index contributed by atoms with van der Waals surface area (Å²) in [5.74, 6) is 1.11. The second kappa shape index (κ2) is 7.89. The summed E-state index contributed by atoms with van der Waals surface area (Å²) in [6.45, 7) is 1.89. The van der Waals surface area contributed by atoms with Gasteiger partial charge in [-0.3, -0.25) is 10.1 Å². The largest absolute Gasteiger partial charge is 0.495 e. The van der Waals surface area contributed by atoms with Gasteiger partial charge in [-0.25, -0.2) is 0 Å². The van der Waals surface area contributed by atoms with E-state index in [0.717, 1.165) is 0 Å². The van der Waals surface area contributed by atoms with Gasteiger partial charge in [0.1, 0.15) is 5.75 Å². The lowest BCUT2D eigenvalue weighted by atomic mass is 10.0. The SMILES string of the molecule is COc1ccc(NC(=O)[C@@H](C)N[C@H](c2ccccc2)C2CC2)cc1Cl. The Morgan fingerprint density at radius 3 is 2.52 bits per heavy atom. The van der Waals surface area contributed by atoms with E-state index in [1.54, 1.807) is 25.3 Å². The number of halogens is 1. The van der Waals surface area contributed by atoms with E-state index >= 15 is 0 Å². The van der Waals surface area contributed by atoms with E-state index in [1.165, 1.54) is 18.4 Å². The van der Waals surface area contributed by atoms with E-state index < -0.39 is 0 Å². The molecule has 0 bridgehead atoms. The highest BCUT2D eigenvalue weighted by molar-refractivity contribution is 6.32. The van der Waals surface area contributed by atoms with E-state index in [0.29, 0.717) is 22.4 Å². The van der Waals surface area contributed by atoms with Crippen LogP contribution in [0.15, 0.2) is 48.5 Å². The monoisotopic (exact) mass is 358 g/mol. The van der Waals surface area contributed by atoms with Crippen molar-refractivity contribution in [2.24, 2.45) is 5.92 Å². The molecule has 1 aliphatic carbocycles. The van der Waals surface area contributed by atoms with E-state index in [9.17, 15) is 4.79 Å². The van der Waals surface area contributed by atoms with Gasteiger partial charge in [-0.1, -0.05) is 41.9 Å². The Hall–Kier alpha value is -2.04. The van der Waals surface area contributed by atoms with Gasteiger partial charge in [-0.05, 0) is 49.4 Å². The van der Waals surface area contributed by atoms with Crippen LogP contribution in [0.4, 0.5) is 5.69 Å². The number of rotatable bonds is 7. The van der Waals surface area contributed by atoms with Gasteiger partial charge in [0.15, 0.2) is 0 Å². The van der Waals surface area contributed by atoms with Crippen molar-refractivity contribution < 1.29 is 9.53 Å². The zero-order chi connectivity index (χ0) is 17.8. The third-order valence-electron chi connectivity index (χ3n) is 4.49. The van der Waals surface area contributed by atoms with Gasteiger partial charge >= 0.3 is 0 Å². The summed E-state index contributed by atoms with van der Waals surface area (Å²) in [6.07, 6.45) is 2.41. The second-order valence-corrected chi connectivity index (χ2v) is 6.86. The molecule has 0 aromatic heterocycles. The number of anilines is 1. The first-order chi connectivity index (χ1) is 12.1. The van der Waals surface area contributed by atoms with Crippen LogP contribution in [0, 0.1) is 5.92 Å². The minimum Gasteiger partial charge on any atom is -0.495 e. The van der Waals surface area contributed by atoms with Crippen LogP contribution in [0.2, 0.25) is 5.02 Å². The van der Waals surface area contributed by atoms with Crippen molar-refractivity contribution in [1.29, 1.82) is 0 Å². The van der Waals surface area contributed by atoms with E-state index in [1.807, 2.05) is 25.1 Å². The summed E-state index contributed by atoms with van der Waals surface area (Å²) in [7, 11) is 1.56. The molecule has 0 aliphatic heterocycles. The molecule has 2 N–H and O–H groups in total. The van der Waals surface area contributed by atoms with Crippen molar-refractivity contribution in [2.75, 3.05) is 12.4 Å². The molecule has 0 spiro atoms. The summed E-state index contributed by atoms with van der Waals surface area (Å²) < 4.78 is 5.13. The van der Waals surface area contributed by atoms with Crippen molar-refractivity contribution in [2.45, 2.75) is 31.8 Å². The Morgan fingerprint density at radius 1 is 1.20 bits per heavy atom. The molecule has 0 radical (unpaired) electrons. The van der Waals surface area contributed by atoms with Gasteiger partial charge in [0, 0.05) is 11.7 Å². The number of nitrogens with one attached hydrogen (secondary N) is 2. The maximum atomic E-state index is 12.5. The zero-order valence-corrected chi connectivity index (χ0v) is 15.2. The topological polar surface area (TPSA) is 50.4 Å². The molecule has 1 amide bonds. The third kappa shape index (κ3) is 4.53. The third-order valence-corrected chi connectivity index (χ3v) is 4.79. The summed E-state index contributed by atoms with van der Waals surface area (Å²) in [5, 5.41) is 6.86. The van der Waals surface area contributed by atoms with Crippen molar-refractivity contribution >= 4 is 23.2 Å². The fourth-order valence-corrected chi connectivity index (χ4v) is 3.19. The van der Waals surface area contributed by atoms with Crippen LogP contribution in [-0.2, 0) is 4.79 Å². The van der Waals surface area contributed by atoms with E-state index in [4.69, 9.17) is 16.3 Å². The van der Waals surface area contributed by atoms with Crippen LogP contribution in [-0.4, -0.2) is 19.1 Å². The Labute approximate surface area is 153 Å². The van der Waals surface area contributed by atoms with Gasteiger partial charge in [-0.15, -0.1) is 0 Å². The lowest BCUT2D eigenvalue weighted by Crippen LogP contribution is -2.40. The molecule has 1 aliphatic rings. The number of carbonyl (C=O) groups is 1. The molecule has 3 rings (SSSR count). The minimum absolute atomic E-state index is 0.0807. The summed E-state index contributed by atoms with van der Waals surface area (Å²) in [4.78, 5) is 12.5. The minimum atomic E-state index is -0.313. The fourth-order valence-electron chi connectivity index (χ4n) is 2.93. The predicted molar refractivity (Wildman–Crippen MR) is 101 cm³/mol. The standard InChI is InChI=1S/C20H23ClN2O2/c1-13(20(24)23-16-10-11-18(25-2)17(21)12-16)22-19(15-8-9-15)14-6-4-3-5-7-14/h3-7,10-13,15,19,22H,8-9H2,1-2H3,(H,23,24)/t13-,19-/m1/s1. The lowest BCUT2D eigenvalue weighted by molar-refractivity contribution is -0.118. The highest BCUT2D eigenvalue weighted by Gasteiger charge is 2.33. The molecular formula is C20H23ClN2O2. The normalized spacial score (nSPS) is 16.1. The first-order valence-corrected chi connectivity index (χ1v) is 8.91. The van der Waals surface area contributed by atoms with Crippen molar-refractivity contribution in [3.8, 4) is 5.75 Å². The van der Waals surface area contributed by atoms with Crippen molar-refractivity contribution in [3.63, 3.8) is 0 Å². The molecule has 132 valence electrons. The number of amides is 1. The molecule has 2 aromatic rings. The summed E-state index contributed by atoms with van der Waals surface area (Å²) in [5.41, 5.74) is 1.89.